The van der Waals surface area contributed by atoms with Gasteiger partial charge in [-0.2, -0.15) is 5.10 Å². The number of rotatable bonds is 5. The number of aromatic nitrogens is 2. The van der Waals surface area contributed by atoms with Gasteiger partial charge in [0, 0.05) is 23.7 Å². The predicted molar refractivity (Wildman–Crippen MR) is 106 cm³/mol. The molecule has 0 spiro atoms. The number of fused-ring (bicyclic) bond motifs is 1. The average molecular weight is 359 g/mol. The summed E-state index contributed by atoms with van der Waals surface area (Å²) in [5.41, 5.74) is 4.62. The average Bonchev–Trinajstić information content (AvgIpc) is 3.25. The van der Waals surface area contributed by atoms with Gasteiger partial charge >= 0.3 is 0 Å². The van der Waals surface area contributed by atoms with Crippen LogP contribution in [0.2, 0.25) is 0 Å². The first-order valence-electron chi connectivity index (χ1n) is 8.97. The molecule has 0 radical (unpaired) electrons. The molecular formula is C22H21N3O2. The molecular weight excluding hydrogens is 338 g/mol. The SMILES string of the molecule is Cc1ccc2oc(C(=O)Nc3cnn(CCc4ccccc4)c3)c(C)c2c1. The summed E-state index contributed by atoms with van der Waals surface area (Å²) in [6.07, 6.45) is 4.38. The largest absolute Gasteiger partial charge is 0.451 e. The van der Waals surface area contributed by atoms with Crippen LogP contribution in [-0.4, -0.2) is 15.7 Å². The summed E-state index contributed by atoms with van der Waals surface area (Å²) < 4.78 is 7.59. The molecule has 0 aliphatic heterocycles. The first kappa shape index (κ1) is 17.1. The normalized spacial score (nSPS) is 11.0. The van der Waals surface area contributed by atoms with E-state index in [1.807, 2.05) is 61.1 Å². The minimum Gasteiger partial charge on any atom is -0.451 e. The van der Waals surface area contributed by atoms with E-state index >= 15 is 0 Å². The summed E-state index contributed by atoms with van der Waals surface area (Å²) in [6, 6.07) is 16.2. The van der Waals surface area contributed by atoms with Crippen LogP contribution >= 0.6 is 0 Å². The molecule has 1 amide bonds. The highest BCUT2D eigenvalue weighted by Gasteiger charge is 2.18. The van der Waals surface area contributed by atoms with Crippen LogP contribution in [0.25, 0.3) is 11.0 Å². The van der Waals surface area contributed by atoms with Gasteiger partial charge < -0.3 is 9.73 Å². The maximum atomic E-state index is 12.6. The van der Waals surface area contributed by atoms with Crippen molar-refractivity contribution in [2.24, 2.45) is 0 Å². The second kappa shape index (κ2) is 7.11. The number of benzene rings is 2. The lowest BCUT2D eigenvalue weighted by molar-refractivity contribution is 0.0998. The third-order valence-electron chi connectivity index (χ3n) is 4.66. The van der Waals surface area contributed by atoms with Gasteiger partial charge in [-0.05, 0) is 38.0 Å². The van der Waals surface area contributed by atoms with E-state index in [9.17, 15) is 4.79 Å². The number of carbonyl (C=O) groups excluding carboxylic acids is 1. The van der Waals surface area contributed by atoms with Crippen LogP contribution in [0.3, 0.4) is 0 Å². The van der Waals surface area contributed by atoms with E-state index in [-0.39, 0.29) is 5.91 Å². The lowest BCUT2D eigenvalue weighted by Crippen LogP contribution is -2.11. The maximum absolute atomic E-state index is 12.6. The minimum atomic E-state index is -0.260. The number of hydrogen-bond donors (Lipinski definition) is 1. The van der Waals surface area contributed by atoms with Crippen molar-refractivity contribution in [3.8, 4) is 0 Å². The van der Waals surface area contributed by atoms with Gasteiger partial charge in [0.15, 0.2) is 5.76 Å². The zero-order valence-corrected chi connectivity index (χ0v) is 15.4. The molecule has 0 bridgehead atoms. The van der Waals surface area contributed by atoms with Crippen LogP contribution in [0.4, 0.5) is 5.69 Å². The quantitative estimate of drug-likeness (QED) is 0.560. The molecule has 27 heavy (non-hydrogen) atoms. The zero-order valence-electron chi connectivity index (χ0n) is 15.4. The Balaban J connectivity index is 1.46. The molecule has 0 unspecified atom stereocenters. The first-order chi connectivity index (χ1) is 13.1. The Kier molecular flexibility index (Phi) is 4.50. The molecule has 5 heteroatoms. The van der Waals surface area contributed by atoms with Crippen LogP contribution in [0, 0.1) is 13.8 Å². The Hall–Kier alpha value is -3.34. The van der Waals surface area contributed by atoms with Crippen molar-refractivity contribution in [1.82, 2.24) is 9.78 Å². The summed E-state index contributed by atoms with van der Waals surface area (Å²) in [5.74, 6) is 0.0802. The summed E-state index contributed by atoms with van der Waals surface area (Å²) >= 11 is 0. The van der Waals surface area contributed by atoms with E-state index in [0.29, 0.717) is 11.4 Å². The molecule has 2 aromatic heterocycles. The first-order valence-corrected chi connectivity index (χ1v) is 8.97. The van der Waals surface area contributed by atoms with Crippen molar-refractivity contribution in [2.75, 3.05) is 5.32 Å². The standard InChI is InChI=1S/C22H21N3O2/c1-15-8-9-20-19(12-15)16(2)21(27-20)22(26)24-18-13-23-25(14-18)11-10-17-6-4-3-5-7-17/h3-9,12-14H,10-11H2,1-2H3,(H,24,26). The van der Waals surface area contributed by atoms with E-state index in [2.05, 4.69) is 22.5 Å². The number of furan rings is 1. The molecule has 0 aliphatic rings. The number of amides is 1. The fourth-order valence-electron chi connectivity index (χ4n) is 3.18. The molecule has 4 rings (SSSR count). The van der Waals surface area contributed by atoms with Gasteiger partial charge in [0.05, 0.1) is 11.9 Å². The Labute approximate surface area is 157 Å². The summed E-state index contributed by atoms with van der Waals surface area (Å²) in [4.78, 5) is 12.6. The molecule has 0 saturated carbocycles. The monoisotopic (exact) mass is 359 g/mol. The molecule has 0 aliphatic carbocycles. The van der Waals surface area contributed by atoms with Gasteiger partial charge in [-0.3, -0.25) is 9.48 Å². The number of aryl methyl sites for hydroxylation is 4. The predicted octanol–water partition coefficient (Wildman–Crippen LogP) is 4.74. The topological polar surface area (TPSA) is 60.1 Å². The Morgan fingerprint density at radius 3 is 2.78 bits per heavy atom. The number of carbonyl (C=O) groups is 1. The molecule has 2 heterocycles. The van der Waals surface area contributed by atoms with Crippen molar-refractivity contribution in [2.45, 2.75) is 26.8 Å². The molecule has 0 atom stereocenters. The smallest absolute Gasteiger partial charge is 0.291 e. The van der Waals surface area contributed by atoms with Gasteiger partial charge in [-0.25, -0.2) is 0 Å². The summed E-state index contributed by atoms with van der Waals surface area (Å²) in [6.45, 7) is 4.68. The molecule has 5 nitrogen and oxygen atoms in total. The maximum Gasteiger partial charge on any atom is 0.291 e. The van der Waals surface area contributed by atoms with Crippen LogP contribution in [0.15, 0.2) is 65.3 Å². The Bertz CT molecular complexity index is 1090. The lowest BCUT2D eigenvalue weighted by Gasteiger charge is -2.02. The van der Waals surface area contributed by atoms with E-state index in [1.54, 1.807) is 6.20 Å². The van der Waals surface area contributed by atoms with Crippen LogP contribution in [0.5, 0.6) is 0 Å². The van der Waals surface area contributed by atoms with Crippen LogP contribution in [0.1, 0.15) is 27.2 Å². The highest BCUT2D eigenvalue weighted by Crippen LogP contribution is 2.26. The van der Waals surface area contributed by atoms with Gasteiger partial charge in [-0.1, -0.05) is 42.0 Å². The van der Waals surface area contributed by atoms with Crippen molar-refractivity contribution < 1.29 is 9.21 Å². The Morgan fingerprint density at radius 2 is 1.96 bits per heavy atom. The zero-order chi connectivity index (χ0) is 18.8. The van der Waals surface area contributed by atoms with Gasteiger partial charge in [0.2, 0.25) is 0 Å². The fraction of sp³-hybridized carbons (Fsp3) is 0.182. The van der Waals surface area contributed by atoms with Crippen molar-refractivity contribution >= 4 is 22.6 Å². The van der Waals surface area contributed by atoms with E-state index < -0.39 is 0 Å². The molecule has 2 aromatic carbocycles. The minimum absolute atomic E-state index is 0.260. The summed E-state index contributed by atoms with van der Waals surface area (Å²) in [7, 11) is 0. The van der Waals surface area contributed by atoms with E-state index in [1.165, 1.54) is 5.56 Å². The number of anilines is 1. The third kappa shape index (κ3) is 3.62. The second-order valence-corrected chi connectivity index (χ2v) is 6.74. The van der Waals surface area contributed by atoms with Crippen molar-refractivity contribution in [3.63, 3.8) is 0 Å². The van der Waals surface area contributed by atoms with E-state index in [4.69, 9.17) is 4.42 Å². The summed E-state index contributed by atoms with van der Waals surface area (Å²) in [5, 5.41) is 8.17. The fourth-order valence-corrected chi connectivity index (χ4v) is 3.18. The van der Waals surface area contributed by atoms with E-state index in [0.717, 1.165) is 35.1 Å². The number of nitrogens with zero attached hydrogens (tertiary/aromatic N) is 2. The second-order valence-electron chi connectivity index (χ2n) is 6.74. The molecule has 1 N–H and O–H groups in total. The lowest BCUT2D eigenvalue weighted by atomic mass is 10.1. The van der Waals surface area contributed by atoms with Gasteiger partial charge in [0.25, 0.3) is 5.91 Å². The molecule has 136 valence electrons. The Morgan fingerprint density at radius 1 is 1.15 bits per heavy atom. The van der Waals surface area contributed by atoms with Gasteiger partial charge in [0.1, 0.15) is 5.58 Å². The van der Waals surface area contributed by atoms with Crippen LogP contribution in [-0.2, 0) is 13.0 Å². The number of nitrogens with one attached hydrogen (secondary N) is 1. The number of hydrogen-bond acceptors (Lipinski definition) is 3. The van der Waals surface area contributed by atoms with Crippen molar-refractivity contribution in [3.05, 3.63) is 83.4 Å². The van der Waals surface area contributed by atoms with Gasteiger partial charge in [-0.15, -0.1) is 0 Å². The van der Waals surface area contributed by atoms with Crippen molar-refractivity contribution in [1.29, 1.82) is 0 Å². The highest BCUT2D eigenvalue weighted by atomic mass is 16.3. The molecule has 0 fully saturated rings. The van der Waals surface area contributed by atoms with Crippen LogP contribution < -0.4 is 5.32 Å². The molecule has 4 aromatic rings. The third-order valence-corrected chi connectivity index (χ3v) is 4.66. The molecule has 0 saturated heterocycles. The highest BCUT2D eigenvalue weighted by molar-refractivity contribution is 6.06.